The number of rotatable bonds is 5. The van der Waals surface area contributed by atoms with Crippen molar-refractivity contribution < 1.29 is 0 Å². The number of benzene rings is 2. The third kappa shape index (κ3) is 4.73. The summed E-state index contributed by atoms with van der Waals surface area (Å²) in [7, 11) is 0. The van der Waals surface area contributed by atoms with E-state index in [2.05, 4.69) is 66.1 Å². The molecule has 0 bridgehead atoms. The van der Waals surface area contributed by atoms with Gasteiger partial charge in [0.2, 0.25) is 4.77 Å². The van der Waals surface area contributed by atoms with Gasteiger partial charge in [0, 0.05) is 42.8 Å². The summed E-state index contributed by atoms with van der Waals surface area (Å²) in [6.07, 6.45) is 0. The summed E-state index contributed by atoms with van der Waals surface area (Å²) in [6.45, 7) is 5.96. The SMILES string of the molecule is S=c1nc(-c2ccc(Br)cc2)[nH]n1CN1CCN(Cc2ccccc2)CC1. The van der Waals surface area contributed by atoms with Crippen molar-refractivity contribution in [2.75, 3.05) is 26.2 Å². The predicted octanol–water partition coefficient (Wildman–Crippen LogP) is 4.15. The molecular formula is C20H22BrN5S. The summed E-state index contributed by atoms with van der Waals surface area (Å²) in [5.74, 6) is 0.815. The molecule has 1 N–H and O–H groups in total. The smallest absolute Gasteiger partial charge is 0.217 e. The summed E-state index contributed by atoms with van der Waals surface area (Å²) in [4.78, 5) is 9.44. The average Bonchev–Trinajstić information content (AvgIpc) is 3.05. The number of H-pyrrole nitrogens is 1. The third-order valence-corrected chi connectivity index (χ3v) is 5.69. The summed E-state index contributed by atoms with van der Waals surface area (Å²) < 4.78 is 3.61. The Labute approximate surface area is 172 Å². The van der Waals surface area contributed by atoms with Crippen LogP contribution < -0.4 is 0 Å². The molecule has 27 heavy (non-hydrogen) atoms. The molecule has 0 unspecified atom stereocenters. The Bertz CT molecular complexity index is 927. The van der Waals surface area contributed by atoms with E-state index in [0.717, 1.165) is 55.3 Å². The van der Waals surface area contributed by atoms with Crippen molar-refractivity contribution in [2.24, 2.45) is 0 Å². The standard InChI is InChI=1S/C20H22BrN5S/c21-18-8-6-17(7-9-18)19-22-20(27)26(23-19)15-25-12-10-24(11-13-25)14-16-4-2-1-3-5-16/h1-9H,10-15H2,(H,22,23,27). The van der Waals surface area contributed by atoms with E-state index >= 15 is 0 Å². The molecule has 2 aromatic carbocycles. The predicted molar refractivity (Wildman–Crippen MR) is 114 cm³/mol. The van der Waals surface area contributed by atoms with Gasteiger partial charge in [-0.15, -0.1) is 0 Å². The zero-order chi connectivity index (χ0) is 18.6. The van der Waals surface area contributed by atoms with E-state index < -0.39 is 0 Å². The maximum Gasteiger partial charge on any atom is 0.217 e. The fraction of sp³-hybridized carbons (Fsp3) is 0.300. The quantitative estimate of drug-likeness (QED) is 0.601. The molecule has 0 radical (unpaired) electrons. The molecule has 0 aliphatic carbocycles. The zero-order valence-electron chi connectivity index (χ0n) is 15.0. The van der Waals surface area contributed by atoms with Crippen molar-refractivity contribution >= 4 is 28.1 Å². The first-order valence-corrected chi connectivity index (χ1v) is 10.3. The van der Waals surface area contributed by atoms with E-state index in [4.69, 9.17) is 12.2 Å². The van der Waals surface area contributed by atoms with Gasteiger partial charge in [0.05, 0.1) is 6.67 Å². The topological polar surface area (TPSA) is 40.1 Å². The highest BCUT2D eigenvalue weighted by atomic mass is 79.9. The maximum absolute atomic E-state index is 5.45. The van der Waals surface area contributed by atoms with Crippen LogP contribution in [0.1, 0.15) is 5.56 Å². The summed E-state index contributed by atoms with van der Waals surface area (Å²) >= 11 is 8.91. The van der Waals surface area contributed by atoms with Gasteiger partial charge in [0.15, 0.2) is 5.82 Å². The number of nitrogens with one attached hydrogen (secondary N) is 1. The zero-order valence-corrected chi connectivity index (χ0v) is 17.4. The molecule has 3 aromatic rings. The average molecular weight is 444 g/mol. The van der Waals surface area contributed by atoms with Gasteiger partial charge < -0.3 is 0 Å². The Hall–Kier alpha value is -1.80. The first-order chi connectivity index (χ1) is 13.2. The van der Waals surface area contributed by atoms with Gasteiger partial charge >= 0.3 is 0 Å². The van der Waals surface area contributed by atoms with Crippen LogP contribution in [-0.4, -0.2) is 50.7 Å². The van der Waals surface area contributed by atoms with Gasteiger partial charge in [0.25, 0.3) is 0 Å². The van der Waals surface area contributed by atoms with Crippen LogP contribution >= 0.6 is 28.1 Å². The fourth-order valence-electron chi connectivity index (χ4n) is 3.32. The Morgan fingerprint density at radius 3 is 2.30 bits per heavy atom. The van der Waals surface area contributed by atoms with Gasteiger partial charge in [-0.2, -0.15) is 4.98 Å². The fourth-order valence-corrected chi connectivity index (χ4v) is 3.78. The lowest BCUT2D eigenvalue weighted by atomic mass is 10.2. The van der Waals surface area contributed by atoms with E-state index in [1.807, 2.05) is 28.9 Å². The number of hydrogen-bond donors (Lipinski definition) is 1. The Morgan fingerprint density at radius 2 is 1.59 bits per heavy atom. The minimum atomic E-state index is 0.597. The van der Waals surface area contributed by atoms with Gasteiger partial charge in [-0.25, -0.2) is 4.68 Å². The molecule has 7 heteroatoms. The van der Waals surface area contributed by atoms with Crippen LogP contribution in [0.5, 0.6) is 0 Å². The highest BCUT2D eigenvalue weighted by molar-refractivity contribution is 9.10. The summed E-state index contributed by atoms with van der Waals surface area (Å²) in [5.41, 5.74) is 2.41. The number of aromatic amines is 1. The van der Waals surface area contributed by atoms with E-state index in [1.54, 1.807) is 0 Å². The van der Waals surface area contributed by atoms with Gasteiger partial charge in [-0.05, 0) is 29.9 Å². The van der Waals surface area contributed by atoms with E-state index in [0.29, 0.717) is 4.77 Å². The van der Waals surface area contributed by atoms with Crippen molar-refractivity contribution in [3.8, 4) is 11.4 Å². The van der Waals surface area contributed by atoms with Crippen LogP contribution in [0.15, 0.2) is 59.1 Å². The molecule has 1 fully saturated rings. The van der Waals surface area contributed by atoms with Crippen molar-refractivity contribution in [3.63, 3.8) is 0 Å². The molecule has 1 saturated heterocycles. The number of hydrogen-bond acceptors (Lipinski definition) is 4. The molecule has 2 heterocycles. The number of nitrogens with zero attached hydrogens (tertiary/aromatic N) is 4. The minimum absolute atomic E-state index is 0.597. The lowest BCUT2D eigenvalue weighted by Crippen LogP contribution is -2.46. The van der Waals surface area contributed by atoms with E-state index in [1.165, 1.54) is 5.56 Å². The largest absolute Gasteiger partial charge is 0.297 e. The molecule has 0 saturated carbocycles. The molecule has 1 aromatic heterocycles. The maximum atomic E-state index is 5.45. The molecule has 1 aliphatic heterocycles. The van der Waals surface area contributed by atoms with Gasteiger partial charge in [-0.3, -0.25) is 14.9 Å². The van der Waals surface area contributed by atoms with Crippen LogP contribution in [0.4, 0.5) is 0 Å². The second kappa shape index (κ2) is 8.48. The van der Waals surface area contributed by atoms with E-state index in [-0.39, 0.29) is 0 Å². The molecule has 5 nitrogen and oxygen atoms in total. The molecule has 4 rings (SSSR count). The molecule has 0 spiro atoms. The number of piperazine rings is 1. The van der Waals surface area contributed by atoms with Crippen LogP contribution in [0.2, 0.25) is 0 Å². The second-order valence-corrected chi connectivity index (χ2v) is 8.09. The Morgan fingerprint density at radius 1 is 0.926 bits per heavy atom. The Kier molecular flexibility index (Phi) is 5.83. The molecule has 1 aliphatic rings. The van der Waals surface area contributed by atoms with Gasteiger partial charge in [-0.1, -0.05) is 58.4 Å². The molecule has 140 valence electrons. The monoisotopic (exact) mass is 443 g/mol. The molecule has 0 amide bonds. The highest BCUT2D eigenvalue weighted by Gasteiger charge is 2.18. The van der Waals surface area contributed by atoms with Crippen LogP contribution in [0.25, 0.3) is 11.4 Å². The first-order valence-electron chi connectivity index (χ1n) is 9.09. The number of aromatic nitrogens is 3. The van der Waals surface area contributed by atoms with Crippen molar-refractivity contribution in [3.05, 3.63) is 69.4 Å². The summed E-state index contributed by atoms with van der Waals surface area (Å²) in [5, 5.41) is 3.35. The summed E-state index contributed by atoms with van der Waals surface area (Å²) in [6, 6.07) is 18.8. The van der Waals surface area contributed by atoms with Crippen molar-refractivity contribution in [1.29, 1.82) is 0 Å². The molecular weight excluding hydrogens is 422 g/mol. The van der Waals surface area contributed by atoms with Crippen LogP contribution in [-0.2, 0) is 13.2 Å². The van der Waals surface area contributed by atoms with E-state index in [9.17, 15) is 0 Å². The second-order valence-electron chi connectivity index (χ2n) is 6.81. The normalized spacial score (nSPS) is 15.9. The Balaban J connectivity index is 1.35. The highest BCUT2D eigenvalue weighted by Crippen LogP contribution is 2.18. The molecule has 0 atom stereocenters. The lowest BCUT2D eigenvalue weighted by Gasteiger charge is -2.34. The lowest BCUT2D eigenvalue weighted by molar-refractivity contribution is 0.0982. The number of halogens is 1. The van der Waals surface area contributed by atoms with Gasteiger partial charge in [0.1, 0.15) is 0 Å². The first kappa shape index (κ1) is 18.6. The third-order valence-electron chi connectivity index (χ3n) is 4.85. The van der Waals surface area contributed by atoms with Crippen molar-refractivity contribution in [1.82, 2.24) is 24.6 Å². The minimum Gasteiger partial charge on any atom is -0.297 e. The van der Waals surface area contributed by atoms with Crippen molar-refractivity contribution in [2.45, 2.75) is 13.2 Å². The van der Waals surface area contributed by atoms with Crippen LogP contribution in [0, 0.1) is 4.77 Å². The van der Waals surface area contributed by atoms with Crippen LogP contribution in [0.3, 0.4) is 0 Å².